The first-order valence-corrected chi connectivity index (χ1v) is 9.97. The van der Waals surface area contributed by atoms with Gasteiger partial charge in [-0.25, -0.2) is 4.98 Å². The molecule has 0 N–H and O–H groups in total. The molecule has 142 valence electrons. The van der Waals surface area contributed by atoms with Gasteiger partial charge >= 0.3 is 0 Å². The summed E-state index contributed by atoms with van der Waals surface area (Å²) >= 11 is 1.31. The van der Waals surface area contributed by atoms with Gasteiger partial charge < -0.3 is 9.32 Å². The van der Waals surface area contributed by atoms with Crippen LogP contribution in [0.15, 0.2) is 57.0 Å². The number of benzene rings is 1. The standard InChI is InChI=1S/C20H23N3O3S/c1-3-4-11-23-19(25)16-9-5-6-10-17(16)21-20(23)27-14-18(24)22(2)13-15-8-7-12-26-15/h5-10,12H,3-4,11,13-14H2,1-2H3. The molecule has 0 aliphatic heterocycles. The van der Waals surface area contributed by atoms with Gasteiger partial charge in [-0.15, -0.1) is 0 Å². The van der Waals surface area contributed by atoms with E-state index in [1.807, 2.05) is 24.3 Å². The van der Waals surface area contributed by atoms with E-state index < -0.39 is 0 Å². The Balaban J connectivity index is 1.78. The van der Waals surface area contributed by atoms with Gasteiger partial charge in [0, 0.05) is 13.6 Å². The van der Waals surface area contributed by atoms with Gasteiger partial charge in [0.25, 0.3) is 5.56 Å². The number of hydrogen-bond donors (Lipinski definition) is 0. The molecule has 0 saturated carbocycles. The SMILES string of the molecule is CCCCn1c(SCC(=O)N(C)Cc2ccco2)nc2ccccc2c1=O. The Kier molecular flexibility index (Phi) is 6.34. The van der Waals surface area contributed by atoms with Crippen LogP contribution in [0.3, 0.4) is 0 Å². The molecular weight excluding hydrogens is 362 g/mol. The first kappa shape index (κ1) is 19.2. The molecule has 6 nitrogen and oxygen atoms in total. The number of rotatable bonds is 8. The summed E-state index contributed by atoms with van der Waals surface area (Å²) in [7, 11) is 1.74. The molecule has 0 bridgehead atoms. The van der Waals surface area contributed by atoms with Crippen LogP contribution in [0, 0.1) is 0 Å². The minimum absolute atomic E-state index is 0.0409. The fourth-order valence-corrected chi connectivity index (χ4v) is 3.70. The summed E-state index contributed by atoms with van der Waals surface area (Å²) in [5, 5.41) is 1.20. The molecule has 3 rings (SSSR count). The van der Waals surface area contributed by atoms with E-state index in [2.05, 4.69) is 11.9 Å². The fraction of sp³-hybridized carbons (Fsp3) is 0.350. The molecule has 0 spiro atoms. The molecular formula is C20H23N3O3S. The maximum absolute atomic E-state index is 12.8. The van der Waals surface area contributed by atoms with Gasteiger partial charge in [0.2, 0.25) is 5.91 Å². The molecule has 1 aromatic carbocycles. The highest BCUT2D eigenvalue weighted by atomic mass is 32.2. The third-order valence-electron chi connectivity index (χ3n) is 4.29. The van der Waals surface area contributed by atoms with Crippen LogP contribution in [-0.4, -0.2) is 33.2 Å². The second kappa shape index (κ2) is 8.90. The van der Waals surface area contributed by atoms with Crippen molar-refractivity contribution in [2.75, 3.05) is 12.8 Å². The molecule has 0 radical (unpaired) electrons. The van der Waals surface area contributed by atoms with Gasteiger partial charge in [-0.3, -0.25) is 14.2 Å². The van der Waals surface area contributed by atoms with Crippen molar-refractivity contribution in [1.82, 2.24) is 14.5 Å². The van der Waals surface area contributed by atoms with Crippen LogP contribution < -0.4 is 5.56 Å². The van der Waals surface area contributed by atoms with Crippen molar-refractivity contribution in [1.29, 1.82) is 0 Å². The molecule has 1 amide bonds. The highest BCUT2D eigenvalue weighted by Crippen LogP contribution is 2.19. The average molecular weight is 385 g/mol. The van der Waals surface area contributed by atoms with Gasteiger partial charge in [0.05, 0.1) is 29.5 Å². The lowest BCUT2D eigenvalue weighted by atomic mass is 10.2. The van der Waals surface area contributed by atoms with Gasteiger partial charge in [0.15, 0.2) is 5.16 Å². The number of amides is 1. The van der Waals surface area contributed by atoms with E-state index in [0.717, 1.165) is 18.6 Å². The zero-order valence-corrected chi connectivity index (χ0v) is 16.4. The zero-order chi connectivity index (χ0) is 19.2. The van der Waals surface area contributed by atoms with Crippen molar-refractivity contribution >= 4 is 28.6 Å². The van der Waals surface area contributed by atoms with Gasteiger partial charge in [-0.05, 0) is 30.7 Å². The number of unbranched alkanes of at least 4 members (excludes halogenated alkanes) is 1. The summed E-state index contributed by atoms with van der Waals surface area (Å²) < 4.78 is 6.98. The van der Waals surface area contributed by atoms with Gasteiger partial charge in [-0.2, -0.15) is 0 Å². The summed E-state index contributed by atoms with van der Waals surface area (Å²) in [6.45, 7) is 3.10. The first-order chi connectivity index (χ1) is 13.1. The van der Waals surface area contributed by atoms with Crippen LogP contribution in [0.2, 0.25) is 0 Å². The monoisotopic (exact) mass is 385 g/mol. The number of carbonyl (C=O) groups excluding carboxylic acids is 1. The molecule has 2 aromatic heterocycles. The number of fused-ring (bicyclic) bond motifs is 1. The Morgan fingerprint density at radius 1 is 1.26 bits per heavy atom. The van der Waals surface area contributed by atoms with E-state index in [-0.39, 0.29) is 17.2 Å². The Labute approximate surface area is 162 Å². The Morgan fingerprint density at radius 2 is 2.07 bits per heavy atom. The summed E-state index contributed by atoms with van der Waals surface area (Å²) in [5.74, 6) is 0.911. The second-order valence-electron chi connectivity index (χ2n) is 6.34. The molecule has 0 unspecified atom stereocenters. The third-order valence-corrected chi connectivity index (χ3v) is 5.25. The van der Waals surface area contributed by atoms with Crippen LogP contribution in [0.1, 0.15) is 25.5 Å². The molecule has 2 heterocycles. The fourth-order valence-electron chi connectivity index (χ4n) is 2.73. The van der Waals surface area contributed by atoms with Crippen LogP contribution >= 0.6 is 11.8 Å². The van der Waals surface area contributed by atoms with E-state index in [4.69, 9.17) is 4.42 Å². The van der Waals surface area contributed by atoms with Crippen molar-refractivity contribution < 1.29 is 9.21 Å². The van der Waals surface area contributed by atoms with Gasteiger partial charge in [-0.1, -0.05) is 37.2 Å². The summed E-state index contributed by atoms with van der Waals surface area (Å²) in [4.78, 5) is 31.6. The van der Waals surface area contributed by atoms with Crippen molar-refractivity contribution in [3.63, 3.8) is 0 Å². The maximum atomic E-state index is 12.8. The van der Waals surface area contributed by atoms with Crippen molar-refractivity contribution in [3.05, 3.63) is 58.8 Å². The lowest BCUT2D eigenvalue weighted by Crippen LogP contribution is -2.28. The van der Waals surface area contributed by atoms with Crippen LogP contribution in [-0.2, 0) is 17.9 Å². The number of hydrogen-bond acceptors (Lipinski definition) is 5. The number of nitrogens with zero attached hydrogens (tertiary/aromatic N) is 3. The van der Waals surface area contributed by atoms with Crippen LogP contribution in [0.25, 0.3) is 10.9 Å². The Bertz CT molecular complexity index is 966. The smallest absolute Gasteiger partial charge is 0.262 e. The minimum atomic E-state index is -0.0482. The largest absolute Gasteiger partial charge is 0.467 e. The topological polar surface area (TPSA) is 68.3 Å². The number of aromatic nitrogens is 2. The quantitative estimate of drug-likeness (QED) is 0.438. The number of para-hydroxylation sites is 1. The van der Waals surface area contributed by atoms with Crippen LogP contribution in [0.5, 0.6) is 0 Å². The normalized spacial score (nSPS) is 11.0. The van der Waals surface area contributed by atoms with E-state index in [1.165, 1.54) is 11.8 Å². The van der Waals surface area contributed by atoms with Crippen molar-refractivity contribution in [2.45, 2.75) is 38.0 Å². The predicted molar refractivity (Wildman–Crippen MR) is 107 cm³/mol. The second-order valence-corrected chi connectivity index (χ2v) is 7.28. The van der Waals surface area contributed by atoms with Crippen molar-refractivity contribution in [3.8, 4) is 0 Å². The molecule has 0 fully saturated rings. The molecule has 0 saturated heterocycles. The van der Waals surface area contributed by atoms with E-state index in [1.54, 1.807) is 34.9 Å². The minimum Gasteiger partial charge on any atom is -0.467 e. The van der Waals surface area contributed by atoms with Crippen molar-refractivity contribution in [2.24, 2.45) is 0 Å². The molecule has 7 heteroatoms. The van der Waals surface area contributed by atoms with E-state index in [9.17, 15) is 9.59 Å². The molecule has 27 heavy (non-hydrogen) atoms. The molecule has 3 aromatic rings. The van der Waals surface area contributed by atoms with Crippen LogP contribution in [0.4, 0.5) is 0 Å². The molecule has 0 aliphatic carbocycles. The third kappa shape index (κ3) is 4.60. The molecule has 0 atom stereocenters. The first-order valence-electron chi connectivity index (χ1n) is 8.99. The molecule has 0 aliphatic rings. The predicted octanol–water partition coefficient (Wildman–Crippen LogP) is 3.54. The van der Waals surface area contributed by atoms with E-state index >= 15 is 0 Å². The lowest BCUT2D eigenvalue weighted by molar-refractivity contribution is -0.127. The number of thioether (sulfide) groups is 1. The Morgan fingerprint density at radius 3 is 2.81 bits per heavy atom. The highest BCUT2D eigenvalue weighted by Gasteiger charge is 2.15. The summed E-state index contributed by atoms with van der Waals surface area (Å²) in [6, 6.07) is 11.0. The lowest BCUT2D eigenvalue weighted by Gasteiger charge is -2.16. The Hall–Kier alpha value is -2.54. The number of furan rings is 1. The van der Waals surface area contributed by atoms with Gasteiger partial charge in [0.1, 0.15) is 5.76 Å². The zero-order valence-electron chi connectivity index (χ0n) is 15.6. The number of carbonyl (C=O) groups is 1. The summed E-state index contributed by atoms with van der Waals surface area (Å²) in [5.41, 5.74) is 0.613. The van der Waals surface area contributed by atoms with E-state index in [0.29, 0.717) is 29.1 Å². The average Bonchev–Trinajstić information content (AvgIpc) is 3.18. The maximum Gasteiger partial charge on any atom is 0.262 e. The highest BCUT2D eigenvalue weighted by molar-refractivity contribution is 7.99. The summed E-state index contributed by atoms with van der Waals surface area (Å²) in [6.07, 6.45) is 3.46.